The number of non-ortho nitro benzene ring substituents is 1. The summed E-state index contributed by atoms with van der Waals surface area (Å²) in [5, 5.41) is 22.0. The van der Waals surface area contributed by atoms with E-state index in [1.807, 2.05) is 0 Å². The molecule has 0 aliphatic heterocycles. The fraction of sp³-hybridized carbons (Fsp3) is 0. The van der Waals surface area contributed by atoms with Crippen molar-refractivity contribution in [3.63, 3.8) is 0 Å². The van der Waals surface area contributed by atoms with Crippen LogP contribution < -0.4 is 0 Å². The second kappa shape index (κ2) is 4.89. The highest BCUT2D eigenvalue weighted by atomic mass is 35.5. The van der Waals surface area contributed by atoms with E-state index >= 15 is 0 Å². The molecule has 2 rings (SSSR count). The Bertz CT molecular complexity index is 621. The molecular formula is C11H7ClN2O4. The van der Waals surface area contributed by atoms with Crippen LogP contribution in [-0.2, 0) is 0 Å². The number of benzene rings is 1. The number of furan rings is 1. The van der Waals surface area contributed by atoms with Crippen LogP contribution in [-0.4, -0.2) is 16.3 Å². The summed E-state index contributed by atoms with van der Waals surface area (Å²) in [5.74, 6) is 0.784. The minimum Gasteiger partial charge on any atom is -0.455 e. The van der Waals surface area contributed by atoms with Crippen molar-refractivity contribution in [2.75, 3.05) is 0 Å². The Morgan fingerprint density at radius 1 is 1.39 bits per heavy atom. The second-order valence-electron chi connectivity index (χ2n) is 3.37. The molecule has 1 N–H and O–H groups in total. The quantitative estimate of drug-likeness (QED) is 0.399. The molecule has 0 spiro atoms. The van der Waals surface area contributed by atoms with Crippen molar-refractivity contribution in [3.05, 3.63) is 51.2 Å². The first-order chi connectivity index (χ1) is 8.61. The van der Waals surface area contributed by atoms with Crippen LogP contribution in [0.25, 0.3) is 11.3 Å². The lowest BCUT2D eigenvalue weighted by Gasteiger charge is -2.00. The molecule has 1 aromatic heterocycles. The predicted octanol–water partition coefficient (Wildman–Crippen LogP) is 3.32. The second-order valence-corrected chi connectivity index (χ2v) is 3.78. The smallest absolute Gasteiger partial charge is 0.270 e. The molecule has 92 valence electrons. The van der Waals surface area contributed by atoms with Gasteiger partial charge < -0.3 is 9.62 Å². The van der Waals surface area contributed by atoms with Crippen LogP contribution in [0.15, 0.2) is 39.9 Å². The molecule has 0 fully saturated rings. The molecule has 0 aliphatic carbocycles. The molecule has 0 saturated carbocycles. The van der Waals surface area contributed by atoms with Gasteiger partial charge in [0.05, 0.1) is 9.95 Å². The normalized spacial score (nSPS) is 10.9. The number of oxime groups is 1. The molecule has 0 unspecified atom stereocenters. The molecule has 0 bridgehead atoms. The van der Waals surface area contributed by atoms with Crippen LogP contribution in [0.2, 0.25) is 5.02 Å². The Labute approximate surface area is 106 Å². The molecular weight excluding hydrogens is 260 g/mol. The summed E-state index contributed by atoms with van der Waals surface area (Å²) < 4.78 is 5.33. The van der Waals surface area contributed by atoms with E-state index in [0.717, 1.165) is 6.21 Å². The molecule has 0 saturated heterocycles. The maximum atomic E-state index is 10.6. The molecule has 0 atom stereocenters. The zero-order valence-corrected chi connectivity index (χ0v) is 9.66. The number of rotatable bonds is 3. The number of hydrogen-bond donors (Lipinski definition) is 1. The lowest BCUT2D eigenvalue weighted by molar-refractivity contribution is -0.384. The van der Waals surface area contributed by atoms with Crippen LogP contribution in [0, 0.1) is 10.1 Å². The Balaban J connectivity index is 2.41. The SMILES string of the molecule is O=[N+]([O-])c1ccc(-c2ccc(C=NO)o2)c(Cl)c1. The van der Waals surface area contributed by atoms with Crippen molar-refractivity contribution in [2.45, 2.75) is 0 Å². The van der Waals surface area contributed by atoms with Gasteiger partial charge in [-0.1, -0.05) is 16.8 Å². The van der Waals surface area contributed by atoms with Gasteiger partial charge in [-0.15, -0.1) is 0 Å². The van der Waals surface area contributed by atoms with E-state index in [1.165, 1.54) is 18.2 Å². The van der Waals surface area contributed by atoms with E-state index in [1.54, 1.807) is 12.1 Å². The van der Waals surface area contributed by atoms with Gasteiger partial charge in [-0.25, -0.2) is 0 Å². The fourth-order valence-corrected chi connectivity index (χ4v) is 1.71. The topological polar surface area (TPSA) is 88.9 Å². The first-order valence-electron chi connectivity index (χ1n) is 4.83. The van der Waals surface area contributed by atoms with Gasteiger partial charge in [0.2, 0.25) is 0 Å². The van der Waals surface area contributed by atoms with E-state index in [0.29, 0.717) is 17.1 Å². The van der Waals surface area contributed by atoms with E-state index < -0.39 is 4.92 Å². The number of halogens is 1. The molecule has 1 aromatic carbocycles. The molecule has 0 amide bonds. The van der Waals surface area contributed by atoms with Crippen molar-refractivity contribution in [1.82, 2.24) is 0 Å². The maximum absolute atomic E-state index is 10.6. The summed E-state index contributed by atoms with van der Waals surface area (Å²) in [5.41, 5.74) is 0.437. The Kier molecular flexibility index (Phi) is 3.29. The Hall–Kier alpha value is -2.34. The summed E-state index contributed by atoms with van der Waals surface area (Å²) in [4.78, 5) is 10.0. The number of nitro benzene ring substituents is 1. The van der Waals surface area contributed by atoms with Crippen molar-refractivity contribution in [1.29, 1.82) is 0 Å². The third kappa shape index (κ3) is 2.33. The zero-order valence-electron chi connectivity index (χ0n) is 8.91. The van der Waals surface area contributed by atoms with Crippen molar-refractivity contribution < 1.29 is 14.5 Å². The highest BCUT2D eigenvalue weighted by molar-refractivity contribution is 6.33. The van der Waals surface area contributed by atoms with Gasteiger partial charge in [-0.2, -0.15) is 0 Å². The summed E-state index contributed by atoms with van der Waals surface area (Å²) in [6.45, 7) is 0. The highest BCUT2D eigenvalue weighted by Crippen LogP contribution is 2.31. The third-order valence-electron chi connectivity index (χ3n) is 2.24. The van der Waals surface area contributed by atoms with E-state index in [4.69, 9.17) is 21.2 Å². The van der Waals surface area contributed by atoms with Crippen LogP contribution in [0.4, 0.5) is 5.69 Å². The van der Waals surface area contributed by atoms with Crippen LogP contribution >= 0.6 is 11.6 Å². The third-order valence-corrected chi connectivity index (χ3v) is 2.55. The summed E-state index contributed by atoms with van der Waals surface area (Å²) in [6, 6.07) is 7.30. The Morgan fingerprint density at radius 2 is 2.17 bits per heavy atom. The lowest BCUT2D eigenvalue weighted by Crippen LogP contribution is -1.88. The fourth-order valence-electron chi connectivity index (χ4n) is 1.44. The molecule has 6 nitrogen and oxygen atoms in total. The molecule has 18 heavy (non-hydrogen) atoms. The first kappa shape index (κ1) is 12.1. The van der Waals surface area contributed by atoms with Gasteiger partial charge in [0.15, 0.2) is 0 Å². The zero-order chi connectivity index (χ0) is 13.1. The number of nitro groups is 1. The van der Waals surface area contributed by atoms with Gasteiger partial charge in [0, 0.05) is 17.7 Å². The van der Waals surface area contributed by atoms with Crippen LogP contribution in [0.3, 0.4) is 0 Å². The van der Waals surface area contributed by atoms with E-state index in [-0.39, 0.29) is 10.7 Å². The molecule has 0 radical (unpaired) electrons. The van der Waals surface area contributed by atoms with Crippen molar-refractivity contribution >= 4 is 23.5 Å². The minimum atomic E-state index is -0.526. The first-order valence-corrected chi connectivity index (χ1v) is 5.21. The molecule has 7 heteroatoms. The highest BCUT2D eigenvalue weighted by Gasteiger charge is 2.13. The standard InChI is InChI=1S/C11H7ClN2O4/c12-10-5-7(14(16)17)1-3-9(10)11-4-2-8(18-11)6-13-15/h1-6,15H. The van der Waals surface area contributed by atoms with E-state index in [2.05, 4.69) is 5.16 Å². The monoisotopic (exact) mass is 266 g/mol. The average molecular weight is 267 g/mol. The number of nitrogens with zero attached hydrogens (tertiary/aromatic N) is 2. The summed E-state index contributed by atoms with van der Waals surface area (Å²) >= 11 is 5.95. The largest absolute Gasteiger partial charge is 0.455 e. The molecule has 0 aliphatic rings. The lowest BCUT2D eigenvalue weighted by atomic mass is 10.1. The molecule has 2 aromatic rings. The van der Waals surface area contributed by atoms with Gasteiger partial charge >= 0.3 is 0 Å². The summed E-state index contributed by atoms with van der Waals surface area (Å²) in [7, 11) is 0. The van der Waals surface area contributed by atoms with E-state index in [9.17, 15) is 10.1 Å². The van der Waals surface area contributed by atoms with Crippen molar-refractivity contribution in [2.24, 2.45) is 5.16 Å². The average Bonchev–Trinajstić information content (AvgIpc) is 2.77. The predicted molar refractivity (Wildman–Crippen MR) is 65.2 cm³/mol. The number of hydrogen-bond acceptors (Lipinski definition) is 5. The Morgan fingerprint density at radius 3 is 2.78 bits per heavy atom. The van der Waals surface area contributed by atoms with Gasteiger partial charge in [-0.3, -0.25) is 10.1 Å². The summed E-state index contributed by atoms with van der Waals surface area (Å²) in [6.07, 6.45) is 1.13. The van der Waals surface area contributed by atoms with Gasteiger partial charge in [0.1, 0.15) is 17.7 Å². The van der Waals surface area contributed by atoms with Gasteiger partial charge in [0.25, 0.3) is 5.69 Å². The van der Waals surface area contributed by atoms with Crippen LogP contribution in [0.1, 0.15) is 5.76 Å². The van der Waals surface area contributed by atoms with Crippen molar-refractivity contribution in [3.8, 4) is 11.3 Å². The maximum Gasteiger partial charge on any atom is 0.270 e. The molecule has 1 heterocycles. The van der Waals surface area contributed by atoms with Gasteiger partial charge in [-0.05, 0) is 18.2 Å². The van der Waals surface area contributed by atoms with Crippen LogP contribution in [0.5, 0.6) is 0 Å². The minimum absolute atomic E-state index is 0.0903.